The van der Waals surface area contributed by atoms with Crippen LogP contribution in [0, 0.1) is 0 Å². The number of carbonyl (C=O) groups is 1. The highest BCUT2D eigenvalue weighted by Crippen LogP contribution is 2.18. The van der Waals surface area contributed by atoms with Crippen LogP contribution in [0.5, 0.6) is 0 Å². The third-order valence-electron chi connectivity index (χ3n) is 10.7. The summed E-state index contributed by atoms with van der Waals surface area (Å²) in [6, 6.07) is 0. The minimum absolute atomic E-state index is 0.139. The van der Waals surface area contributed by atoms with E-state index in [1.807, 2.05) is 0 Å². The fourth-order valence-electron chi connectivity index (χ4n) is 7.15. The van der Waals surface area contributed by atoms with Crippen LogP contribution in [0.15, 0.2) is 0 Å². The molecular formula is C44H88O4. The average molecular weight is 681 g/mol. The van der Waals surface area contributed by atoms with E-state index in [4.69, 9.17) is 0 Å². The van der Waals surface area contributed by atoms with Crippen molar-refractivity contribution in [3.05, 3.63) is 0 Å². The zero-order chi connectivity index (χ0) is 35.2. The Morgan fingerprint density at radius 3 is 0.833 bits per heavy atom. The first-order valence-corrected chi connectivity index (χ1v) is 22.1. The van der Waals surface area contributed by atoms with Gasteiger partial charge in [-0.05, 0) is 12.8 Å². The molecule has 0 aromatic carbocycles. The molecule has 0 saturated heterocycles. The van der Waals surface area contributed by atoms with Gasteiger partial charge in [-0.3, -0.25) is 4.79 Å². The van der Waals surface area contributed by atoms with E-state index in [1.54, 1.807) is 0 Å². The highest BCUT2D eigenvalue weighted by Gasteiger charge is 2.23. The number of ketones is 1. The van der Waals surface area contributed by atoms with E-state index in [9.17, 15) is 20.1 Å². The molecule has 0 aromatic heterocycles. The summed E-state index contributed by atoms with van der Waals surface area (Å²) in [7, 11) is 0. The quantitative estimate of drug-likeness (QED) is 0.0562. The van der Waals surface area contributed by atoms with Gasteiger partial charge in [0, 0.05) is 6.42 Å². The van der Waals surface area contributed by atoms with Gasteiger partial charge in [0.1, 0.15) is 6.10 Å². The first kappa shape index (κ1) is 47.5. The molecule has 0 amide bonds. The topological polar surface area (TPSA) is 77.8 Å². The first-order chi connectivity index (χ1) is 23.5. The van der Waals surface area contributed by atoms with Crippen molar-refractivity contribution < 1.29 is 20.1 Å². The molecule has 3 atom stereocenters. The molecule has 3 unspecified atom stereocenters. The lowest BCUT2D eigenvalue weighted by Crippen LogP contribution is -2.32. The fraction of sp³-hybridized carbons (Fsp3) is 0.977. The van der Waals surface area contributed by atoms with Crippen LogP contribution in [0.25, 0.3) is 0 Å². The maximum atomic E-state index is 12.4. The van der Waals surface area contributed by atoms with Gasteiger partial charge in [0.2, 0.25) is 0 Å². The Labute approximate surface area is 301 Å². The molecule has 0 rings (SSSR count). The number of unbranched alkanes of at least 4 members (excludes halogenated alkanes) is 33. The summed E-state index contributed by atoms with van der Waals surface area (Å²) in [5, 5.41) is 30.8. The zero-order valence-electron chi connectivity index (χ0n) is 32.9. The van der Waals surface area contributed by atoms with E-state index in [0.29, 0.717) is 12.8 Å². The lowest BCUT2D eigenvalue weighted by molar-refractivity contribution is -0.131. The van der Waals surface area contributed by atoms with E-state index in [0.717, 1.165) is 25.7 Å². The lowest BCUT2D eigenvalue weighted by Gasteiger charge is -2.18. The summed E-state index contributed by atoms with van der Waals surface area (Å²) in [5.41, 5.74) is 0. The largest absolute Gasteiger partial charge is 0.390 e. The van der Waals surface area contributed by atoms with Gasteiger partial charge in [-0.2, -0.15) is 0 Å². The molecule has 0 radical (unpaired) electrons. The van der Waals surface area contributed by atoms with E-state index in [2.05, 4.69) is 13.8 Å². The van der Waals surface area contributed by atoms with Crippen molar-refractivity contribution in [2.24, 2.45) is 0 Å². The number of carbonyl (C=O) groups excluding carboxylic acids is 1. The number of aliphatic hydroxyl groups excluding tert-OH is 3. The SMILES string of the molecule is CCCCCCCCCCCCCCCCCCCCCCCCCC(O)C(=O)CC(O)C(O)CCCCCCCCCCCCCC. The molecule has 0 saturated carbocycles. The number of hydrogen-bond acceptors (Lipinski definition) is 4. The van der Waals surface area contributed by atoms with Crippen molar-refractivity contribution in [3.63, 3.8) is 0 Å². The number of aliphatic hydroxyl groups is 3. The van der Waals surface area contributed by atoms with E-state index < -0.39 is 18.3 Å². The molecule has 0 aromatic rings. The van der Waals surface area contributed by atoms with Gasteiger partial charge >= 0.3 is 0 Å². The second-order valence-corrected chi connectivity index (χ2v) is 15.6. The summed E-state index contributed by atoms with van der Waals surface area (Å²) in [5.74, 6) is -0.324. The van der Waals surface area contributed by atoms with Gasteiger partial charge < -0.3 is 15.3 Å². The molecule has 4 nitrogen and oxygen atoms in total. The van der Waals surface area contributed by atoms with Crippen LogP contribution < -0.4 is 0 Å². The molecule has 288 valence electrons. The Morgan fingerprint density at radius 1 is 0.333 bits per heavy atom. The normalized spacial score (nSPS) is 13.6. The molecule has 0 spiro atoms. The Morgan fingerprint density at radius 2 is 0.562 bits per heavy atom. The fourth-order valence-corrected chi connectivity index (χ4v) is 7.15. The maximum Gasteiger partial charge on any atom is 0.163 e. The van der Waals surface area contributed by atoms with E-state index in [1.165, 1.54) is 199 Å². The summed E-state index contributed by atoms with van der Waals surface area (Å²) in [4.78, 5) is 12.4. The van der Waals surface area contributed by atoms with Crippen LogP contribution >= 0.6 is 0 Å². The summed E-state index contributed by atoms with van der Waals surface area (Å²) in [6.45, 7) is 4.55. The van der Waals surface area contributed by atoms with Crippen LogP contribution in [-0.4, -0.2) is 39.4 Å². The minimum Gasteiger partial charge on any atom is -0.390 e. The Balaban J connectivity index is 3.44. The molecule has 0 aliphatic carbocycles. The average Bonchev–Trinajstić information content (AvgIpc) is 3.08. The van der Waals surface area contributed by atoms with Crippen LogP contribution in [0.1, 0.15) is 258 Å². The second kappa shape index (κ2) is 39.3. The third kappa shape index (κ3) is 35.4. The summed E-state index contributed by atoms with van der Waals surface area (Å²) in [6.07, 6.45) is 44.2. The monoisotopic (exact) mass is 681 g/mol. The molecule has 0 fully saturated rings. The Kier molecular flexibility index (Phi) is 39.0. The van der Waals surface area contributed by atoms with Gasteiger partial charge in [-0.1, -0.05) is 239 Å². The predicted molar refractivity (Wildman–Crippen MR) is 210 cm³/mol. The highest BCUT2D eigenvalue weighted by molar-refractivity contribution is 5.83. The molecule has 0 aliphatic heterocycles. The van der Waals surface area contributed by atoms with Crippen molar-refractivity contribution in [1.82, 2.24) is 0 Å². The molecule has 4 heteroatoms. The number of hydrogen-bond donors (Lipinski definition) is 3. The molecule has 0 bridgehead atoms. The summed E-state index contributed by atoms with van der Waals surface area (Å²) < 4.78 is 0. The Hall–Kier alpha value is -0.450. The predicted octanol–water partition coefficient (Wildman–Crippen LogP) is 13.5. The molecule has 3 N–H and O–H groups in total. The van der Waals surface area contributed by atoms with Crippen LogP contribution in [0.3, 0.4) is 0 Å². The first-order valence-electron chi connectivity index (χ1n) is 22.1. The van der Waals surface area contributed by atoms with Crippen molar-refractivity contribution in [1.29, 1.82) is 0 Å². The van der Waals surface area contributed by atoms with Crippen molar-refractivity contribution in [2.45, 2.75) is 276 Å². The summed E-state index contributed by atoms with van der Waals surface area (Å²) >= 11 is 0. The number of Topliss-reactive ketones (excluding diaryl/α,β-unsaturated/α-hetero) is 1. The molecule has 0 aliphatic rings. The van der Waals surface area contributed by atoms with Crippen LogP contribution in [0.4, 0.5) is 0 Å². The van der Waals surface area contributed by atoms with Gasteiger partial charge in [0.05, 0.1) is 12.2 Å². The van der Waals surface area contributed by atoms with Gasteiger partial charge in [0.15, 0.2) is 5.78 Å². The van der Waals surface area contributed by atoms with E-state index >= 15 is 0 Å². The third-order valence-corrected chi connectivity index (χ3v) is 10.7. The zero-order valence-corrected chi connectivity index (χ0v) is 32.9. The lowest BCUT2D eigenvalue weighted by atomic mass is 9.97. The van der Waals surface area contributed by atoms with Gasteiger partial charge in [0.25, 0.3) is 0 Å². The van der Waals surface area contributed by atoms with Gasteiger partial charge in [-0.25, -0.2) is 0 Å². The van der Waals surface area contributed by atoms with Crippen LogP contribution in [-0.2, 0) is 4.79 Å². The molecule has 48 heavy (non-hydrogen) atoms. The van der Waals surface area contributed by atoms with Crippen molar-refractivity contribution in [3.8, 4) is 0 Å². The smallest absolute Gasteiger partial charge is 0.163 e. The molecular weight excluding hydrogens is 592 g/mol. The standard InChI is InChI=1S/C44H88O4/c1-3-5-7-9-11-13-15-17-18-19-20-21-22-23-24-25-26-27-29-31-33-35-37-39-42(46)44(48)40-43(47)41(45)38-36-34-32-30-28-16-14-12-10-8-6-4-2/h41-43,45-47H,3-40H2,1-2H3. The number of rotatable bonds is 41. The second-order valence-electron chi connectivity index (χ2n) is 15.6. The Bertz CT molecular complexity index is 623. The molecule has 0 heterocycles. The van der Waals surface area contributed by atoms with Crippen molar-refractivity contribution in [2.75, 3.05) is 0 Å². The van der Waals surface area contributed by atoms with Crippen LogP contribution in [0.2, 0.25) is 0 Å². The maximum absolute atomic E-state index is 12.4. The highest BCUT2D eigenvalue weighted by atomic mass is 16.3. The van der Waals surface area contributed by atoms with E-state index in [-0.39, 0.29) is 12.2 Å². The minimum atomic E-state index is -1.06. The van der Waals surface area contributed by atoms with Crippen molar-refractivity contribution >= 4 is 5.78 Å². The van der Waals surface area contributed by atoms with Gasteiger partial charge in [-0.15, -0.1) is 0 Å².